The summed E-state index contributed by atoms with van der Waals surface area (Å²) in [5.41, 5.74) is 9.97. The van der Waals surface area contributed by atoms with Crippen LogP contribution in [0.1, 0.15) is 16.8 Å². The molecule has 0 radical (unpaired) electrons. The number of aryl methyl sites for hydroxylation is 2. The van der Waals surface area contributed by atoms with Crippen molar-refractivity contribution in [2.45, 2.75) is 20.3 Å². The minimum atomic E-state index is 0.645. The number of halogens is 1. The Kier molecular flexibility index (Phi) is 3.50. The molecule has 0 aliphatic carbocycles. The Morgan fingerprint density at radius 1 is 1.35 bits per heavy atom. The molecule has 3 nitrogen and oxygen atoms in total. The van der Waals surface area contributed by atoms with Crippen LogP contribution in [0.2, 0.25) is 5.02 Å². The van der Waals surface area contributed by atoms with Gasteiger partial charge in [0.2, 0.25) is 0 Å². The molecule has 0 atom stereocenters. The maximum atomic E-state index is 5.94. The molecule has 1 aromatic heterocycles. The summed E-state index contributed by atoms with van der Waals surface area (Å²) in [5.74, 6) is 0. The zero-order valence-electron chi connectivity index (χ0n) is 10.1. The van der Waals surface area contributed by atoms with E-state index in [1.807, 2.05) is 42.9 Å². The van der Waals surface area contributed by atoms with Crippen LogP contribution in [0.5, 0.6) is 0 Å². The summed E-state index contributed by atoms with van der Waals surface area (Å²) in [6, 6.07) is 5.80. The van der Waals surface area contributed by atoms with Crippen molar-refractivity contribution in [3.63, 3.8) is 0 Å². The lowest BCUT2D eigenvalue weighted by molar-refractivity contribution is 0.856. The topological polar surface area (TPSA) is 43.8 Å². The Morgan fingerprint density at radius 3 is 2.76 bits per heavy atom. The summed E-state index contributed by atoms with van der Waals surface area (Å²) in [4.78, 5) is 0. The van der Waals surface area contributed by atoms with Gasteiger partial charge in [-0.1, -0.05) is 11.6 Å². The summed E-state index contributed by atoms with van der Waals surface area (Å²) in [6.45, 7) is 4.68. The van der Waals surface area contributed by atoms with Crippen molar-refractivity contribution in [1.29, 1.82) is 0 Å². The monoisotopic (exact) mass is 249 g/mol. The Morgan fingerprint density at radius 2 is 2.12 bits per heavy atom. The quantitative estimate of drug-likeness (QED) is 0.909. The third-order valence-electron chi connectivity index (χ3n) is 2.82. The zero-order valence-corrected chi connectivity index (χ0v) is 10.8. The molecule has 2 rings (SSSR count). The van der Waals surface area contributed by atoms with E-state index in [0.717, 1.165) is 28.4 Å². The van der Waals surface area contributed by atoms with Crippen LogP contribution in [0.4, 0.5) is 0 Å². The molecule has 1 heterocycles. The fraction of sp³-hybridized carbons (Fsp3) is 0.308. The second-order valence-electron chi connectivity index (χ2n) is 4.15. The molecule has 90 valence electrons. The van der Waals surface area contributed by atoms with Crippen molar-refractivity contribution in [2.75, 3.05) is 6.54 Å². The maximum absolute atomic E-state index is 5.94. The number of rotatable bonds is 3. The zero-order chi connectivity index (χ0) is 12.4. The Bertz CT molecular complexity index is 531. The van der Waals surface area contributed by atoms with Crippen molar-refractivity contribution in [2.24, 2.45) is 5.73 Å². The maximum Gasteiger partial charge on any atom is 0.0675 e. The molecule has 0 bridgehead atoms. The normalized spacial score (nSPS) is 10.8. The average Bonchev–Trinajstić information content (AvgIpc) is 2.60. The highest BCUT2D eigenvalue weighted by Gasteiger charge is 2.07. The van der Waals surface area contributed by atoms with Crippen LogP contribution >= 0.6 is 11.6 Å². The van der Waals surface area contributed by atoms with E-state index in [-0.39, 0.29) is 0 Å². The predicted octanol–water partition coefficient (Wildman–Crippen LogP) is 2.64. The summed E-state index contributed by atoms with van der Waals surface area (Å²) < 4.78 is 1.89. The second-order valence-corrected chi connectivity index (χ2v) is 4.59. The molecule has 0 aliphatic rings. The van der Waals surface area contributed by atoms with E-state index >= 15 is 0 Å². The van der Waals surface area contributed by atoms with E-state index in [9.17, 15) is 0 Å². The van der Waals surface area contributed by atoms with Crippen molar-refractivity contribution in [3.05, 3.63) is 46.2 Å². The van der Waals surface area contributed by atoms with Gasteiger partial charge in [-0.05, 0) is 56.1 Å². The van der Waals surface area contributed by atoms with E-state index in [1.54, 1.807) is 0 Å². The van der Waals surface area contributed by atoms with Crippen molar-refractivity contribution >= 4 is 11.6 Å². The van der Waals surface area contributed by atoms with Gasteiger partial charge in [0.1, 0.15) is 0 Å². The summed E-state index contributed by atoms with van der Waals surface area (Å²) in [5, 5.41) is 5.26. The lowest BCUT2D eigenvalue weighted by Crippen LogP contribution is -2.02. The summed E-state index contributed by atoms with van der Waals surface area (Å²) in [6.07, 6.45) is 2.90. The molecule has 2 aromatic rings. The molecule has 4 heteroatoms. The smallest absolute Gasteiger partial charge is 0.0675 e. The molecule has 0 saturated carbocycles. The van der Waals surface area contributed by atoms with Crippen LogP contribution in [-0.2, 0) is 6.42 Å². The number of nitrogens with two attached hydrogens (primary N) is 1. The first-order chi connectivity index (χ1) is 8.11. The van der Waals surface area contributed by atoms with Gasteiger partial charge in [-0.15, -0.1) is 0 Å². The molecule has 0 fully saturated rings. The first-order valence-electron chi connectivity index (χ1n) is 5.63. The third kappa shape index (κ3) is 2.51. The standard InChI is InChI=1S/C13H16ClN3/c1-9-7-12(14)3-4-13(9)17-8-11(5-6-15)10(2)16-17/h3-4,7-8H,5-6,15H2,1-2H3. The SMILES string of the molecule is Cc1cc(Cl)ccc1-n1cc(CCN)c(C)n1. The first kappa shape index (κ1) is 12.1. The Labute approximate surface area is 106 Å². The highest BCUT2D eigenvalue weighted by Crippen LogP contribution is 2.19. The second kappa shape index (κ2) is 4.90. The molecule has 0 saturated heterocycles. The minimum Gasteiger partial charge on any atom is -0.330 e. The number of hydrogen-bond donors (Lipinski definition) is 1. The van der Waals surface area contributed by atoms with Gasteiger partial charge in [0.15, 0.2) is 0 Å². The van der Waals surface area contributed by atoms with Gasteiger partial charge < -0.3 is 5.73 Å². The molecule has 0 aliphatic heterocycles. The predicted molar refractivity (Wildman–Crippen MR) is 70.8 cm³/mol. The first-order valence-corrected chi connectivity index (χ1v) is 6.01. The lowest BCUT2D eigenvalue weighted by Gasteiger charge is -2.05. The largest absolute Gasteiger partial charge is 0.330 e. The van der Waals surface area contributed by atoms with Crippen LogP contribution in [0, 0.1) is 13.8 Å². The molecule has 2 N–H and O–H groups in total. The number of hydrogen-bond acceptors (Lipinski definition) is 2. The van der Waals surface area contributed by atoms with Crippen LogP contribution < -0.4 is 5.73 Å². The van der Waals surface area contributed by atoms with E-state index in [2.05, 4.69) is 5.10 Å². The molecule has 1 aromatic carbocycles. The number of nitrogens with zero attached hydrogens (tertiary/aromatic N) is 2. The minimum absolute atomic E-state index is 0.645. The highest BCUT2D eigenvalue weighted by atomic mass is 35.5. The molecule has 17 heavy (non-hydrogen) atoms. The molecular formula is C13H16ClN3. The average molecular weight is 250 g/mol. The van der Waals surface area contributed by atoms with Crippen molar-refractivity contribution < 1.29 is 0 Å². The third-order valence-corrected chi connectivity index (χ3v) is 3.06. The highest BCUT2D eigenvalue weighted by molar-refractivity contribution is 6.30. The van der Waals surface area contributed by atoms with Gasteiger partial charge in [-0.25, -0.2) is 4.68 Å². The molecule has 0 spiro atoms. The summed E-state index contributed by atoms with van der Waals surface area (Å²) >= 11 is 5.94. The van der Waals surface area contributed by atoms with Crippen molar-refractivity contribution in [1.82, 2.24) is 9.78 Å². The summed E-state index contributed by atoms with van der Waals surface area (Å²) in [7, 11) is 0. The van der Waals surface area contributed by atoms with Crippen LogP contribution in [0.25, 0.3) is 5.69 Å². The van der Waals surface area contributed by atoms with Gasteiger partial charge in [0.05, 0.1) is 11.4 Å². The van der Waals surface area contributed by atoms with Crippen LogP contribution in [0.15, 0.2) is 24.4 Å². The van der Waals surface area contributed by atoms with E-state index < -0.39 is 0 Å². The Balaban J connectivity index is 2.42. The lowest BCUT2D eigenvalue weighted by atomic mass is 10.2. The fourth-order valence-electron chi connectivity index (χ4n) is 1.90. The van der Waals surface area contributed by atoms with Gasteiger partial charge in [-0.2, -0.15) is 5.10 Å². The van der Waals surface area contributed by atoms with E-state index in [4.69, 9.17) is 17.3 Å². The van der Waals surface area contributed by atoms with Crippen molar-refractivity contribution in [3.8, 4) is 5.69 Å². The van der Waals surface area contributed by atoms with Crippen LogP contribution in [0.3, 0.4) is 0 Å². The number of aromatic nitrogens is 2. The van der Waals surface area contributed by atoms with E-state index in [0.29, 0.717) is 6.54 Å². The fourth-order valence-corrected chi connectivity index (χ4v) is 2.12. The molecular weight excluding hydrogens is 234 g/mol. The van der Waals surface area contributed by atoms with Crippen LogP contribution in [-0.4, -0.2) is 16.3 Å². The van der Waals surface area contributed by atoms with Gasteiger partial charge >= 0.3 is 0 Å². The van der Waals surface area contributed by atoms with Gasteiger partial charge in [0, 0.05) is 11.2 Å². The number of benzene rings is 1. The Hall–Kier alpha value is -1.32. The van der Waals surface area contributed by atoms with E-state index in [1.165, 1.54) is 5.56 Å². The molecule has 0 amide bonds. The van der Waals surface area contributed by atoms with Gasteiger partial charge in [-0.3, -0.25) is 0 Å². The van der Waals surface area contributed by atoms with Gasteiger partial charge in [0.25, 0.3) is 0 Å². The molecule has 0 unspecified atom stereocenters.